The van der Waals surface area contributed by atoms with Gasteiger partial charge in [0.2, 0.25) is 5.91 Å². The number of fused-ring (bicyclic) bond motifs is 1. The largest absolute Gasteiger partial charge is 0.462 e. The maximum atomic E-state index is 13.0. The van der Waals surface area contributed by atoms with Crippen LogP contribution in [0.1, 0.15) is 68.4 Å². The summed E-state index contributed by atoms with van der Waals surface area (Å²) in [6.45, 7) is 8.01. The first-order valence-electron chi connectivity index (χ1n) is 12.2. The Bertz CT molecular complexity index is 1350. The number of carbonyl (C=O) groups is 3. The van der Waals surface area contributed by atoms with Gasteiger partial charge in [0.15, 0.2) is 11.0 Å². The van der Waals surface area contributed by atoms with E-state index in [1.165, 1.54) is 23.1 Å². The SMILES string of the molecule is CCOC(=O)c1c(NC(=O)[C@@H](C)Sc2nnc(CNC(=O)c3ccc(C)c(C)c3)n2C)sc2c1CCC2. The molecule has 11 heteroatoms. The summed E-state index contributed by atoms with van der Waals surface area (Å²) >= 11 is 2.72. The Morgan fingerprint density at radius 1 is 1.19 bits per heavy atom. The van der Waals surface area contributed by atoms with Gasteiger partial charge in [0, 0.05) is 17.5 Å². The summed E-state index contributed by atoms with van der Waals surface area (Å²) in [5.41, 5.74) is 4.26. The smallest absolute Gasteiger partial charge is 0.341 e. The van der Waals surface area contributed by atoms with Crippen LogP contribution >= 0.6 is 23.1 Å². The molecule has 0 aliphatic heterocycles. The highest BCUT2D eigenvalue weighted by Gasteiger charge is 2.29. The Morgan fingerprint density at radius 2 is 1.97 bits per heavy atom. The summed E-state index contributed by atoms with van der Waals surface area (Å²) in [5.74, 6) is -0.235. The van der Waals surface area contributed by atoms with Gasteiger partial charge in [0.05, 0.1) is 24.0 Å². The van der Waals surface area contributed by atoms with Crippen LogP contribution in [0.15, 0.2) is 23.4 Å². The van der Waals surface area contributed by atoms with Gasteiger partial charge in [-0.05, 0) is 75.8 Å². The van der Waals surface area contributed by atoms with Crippen LogP contribution in [0.2, 0.25) is 0 Å². The molecule has 37 heavy (non-hydrogen) atoms. The van der Waals surface area contributed by atoms with Crippen LogP contribution < -0.4 is 10.6 Å². The van der Waals surface area contributed by atoms with Crippen molar-refractivity contribution in [1.29, 1.82) is 0 Å². The first-order chi connectivity index (χ1) is 17.7. The quantitative estimate of drug-likeness (QED) is 0.308. The van der Waals surface area contributed by atoms with E-state index in [-0.39, 0.29) is 25.0 Å². The zero-order chi connectivity index (χ0) is 26.7. The van der Waals surface area contributed by atoms with Crippen molar-refractivity contribution in [2.24, 2.45) is 7.05 Å². The normalized spacial score (nSPS) is 13.2. The van der Waals surface area contributed by atoms with Gasteiger partial charge in [-0.1, -0.05) is 17.8 Å². The summed E-state index contributed by atoms with van der Waals surface area (Å²) in [4.78, 5) is 39.3. The zero-order valence-corrected chi connectivity index (χ0v) is 23.3. The van der Waals surface area contributed by atoms with Crippen molar-refractivity contribution in [3.63, 3.8) is 0 Å². The van der Waals surface area contributed by atoms with Gasteiger partial charge in [0.1, 0.15) is 5.00 Å². The minimum absolute atomic E-state index is 0.187. The fraction of sp³-hybridized carbons (Fsp3) is 0.423. The highest BCUT2D eigenvalue weighted by molar-refractivity contribution is 8.00. The molecule has 4 rings (SSSR count). The second-order valence-corrected chi connectivity index (χ2v) is 11.4. The molecular formula is C26H31N5O4S2. The van der Waals surface area contributed by atoms with Crippen LogP contribution in [0.3, 0.4) is 0 Å². The molecule has 0 fully saturated rings. The number of thiophene rings is 1. The minimum atomic E-state index is -0.493. The lowest BCUT2D eigenvalue weighted by atomic mass is 10.1. The lowest BCUT2D eigenvalue weighted by Gasteiger charge is -2.12. The van der Waals surface area contributed by atoms with Gasteiger partial charge in [-0.3, -0.25) is 9.59 Å². The van der Waals surface area contributed by atoms with E-state index in [0.717, 1.165) is 40.8 Å². The van der Waals surface area contributed by atoms with Gasteiger partial charge in [-0.25, -0.2) is 4.79 Å². The lowest BCUT2D eigenvalue weighted by molar-refractivity contribution is -0.115. The first-order valence-corrected chi connectivity index (χ1v) is 13.9. The third-order valence-electron chi connectivity index (χ3n) is 6.39. The van der Waals surface area contributed by atoms with Crippen LogP contribution in [0.4, 0.5) is 5.00 Å². The minimum Gasteiger partial charge on any atom is -0.462 e. The van der Waals surface area contributed by atoms with Gasteiger partial charge in [0.25, 0.3) is 5.91 Å². The van der Waals surface area contributed by atoms with Crippen LogP contribution in [0.25, 0.3) is 0 Å². The average Bonchev–Trinajstić information content (AvgIpc) is 3.54. The number of thioether (sulfide) groups is 1. The number of anilines is 1. The topological polar surface area (TPSA) is 115 Å². The molecule has 9 nitrogen and oxygen atoms in total. The highest BCUT2D eigenvalue weighted by atomic mass is 32.2. The van der Waals surface area contributed by atoms with Crippen molar-refractivity contribution < 1.29 is 19.1 Å². The first kappa shape index (κ1) is 26.9. The van der Waals surface area contributed by atoms with Crippen molar-refractivity contribution in [2.75, 3.05) is 11.9 Å². The Hall–Kier alpha value is -3.18. The third-order valence-corrected chi connectivity index (χ3v) is 8.73. The molecule has 2 N–H and O–H groups in total. The molecule has 3 aromatic rings. The number of carbonyl (C=O) groups excluding carboxylic acids is 3. The van der Waals surface area contributed by atoms with Gasteiger partial charge in [-0.2, -0.15) is 0 Å². The molecular weight excluding hydrogens is 510 g/mol. The number of rotatable bonds is 9. The molecule has 0 saturated heterocycles. The van der Waals surface area contributed by atoms with Gasteiger partial charge in [-0.15, -0.1) is 21.5 Å². The summed E-state index contributed by atoms with van der Waals surface area (Å²) in [7, 11) is 1.80. The van der Waals surface area contributed by atoms with E-state index in [4.69, 9.17) is 4.74 Å². The maximum Gasteiger partial charge on any atom is 0.341 e. The molecule has 1 aliphatic rings. The standard InChI is InChI=1S/C26H31N5O4S2/c1-6-35-25(34)21-18-8-7-9-19(18)37-24(21)28-22(32)16(4)36-26-30-29-20(31(26)5)13-27-23(33)17-11-10-14(2)15(3)12-17/h10-12,16H,6-9,13H2,1-5H3,(H,27,33)(H,28,32)/t16-/m1/s1. The number of amides is 2. The fourth-order valence-electron chi connectivity index (χ4n) is 4.08. The Balaban J connectivity index is 1.38. The Kier molecular flexibility index (Phi) is 8.33. The lowest BCUT2D eigenvalue weighted by Crippen LogP contribution is -2.25. The second kappa shape index (κ2) is 11.5. The van der Waals surface area contributed by atoms with Crippen molar-refractivity contribution in [3.05, 3.63) is 56.7 Å². The predicted molar refractivity (Wildman–Crippen MR) is 144 cm³/mol. The van der Waals surface area contributed by atoms with E-state index >= 15 is 0 Å². The van der Waals surface area contributed by atoms with Crippen LogP contribution in [-0.2, 0) is 36.0 Å². The molecule has 0 radical (unpaired) electrons. The Morgan fingerprint density at radius 3 is 2.70 bits per heavy atom. The number of aromatic nitrogens is 3. The van der Waals surface area contributed by atoms with E-state index in [1.54, 1.807) is 31.5 Å². The molecule has 0 bridgehead atoms. The number of esters is 1. The number of aryl methyl sites for hydroxylation is 3. The summed E-state index contributed by atoms with van der Waals surface area (Å²) in [6, 6.07) is 5.58. The molecule has 2 heterocycles. The monoisotopic (exact) mass is 541 g/mol. The van der Waals surface area contributed by atoms with Crippen LogP contribution in [-0.4, -0.2) is 44.4 Å². The number of hydrogen-bond acceptors (Lipinski definition) is 8. The van der Waals surface area contributed by atoms with Gasteiger partial charge >= 0.3 is 5.97 Å². The molecule has 1 aliphatic carbocycles. The number of benzene rings is 1. The Labute approximate surface area is 224 Å². The molecule has 0 saturated carbocycles. The van der Waals surface area contributed by atoms with Crippen molar-refractivity contribution in [1.82, 2.24) is 20.1 Å². The van der Waals surface area contributed by atoms with Crippen molar-refractivity contribution in [3.8, 4) is 0 Å². The summed E-state index contributed by atoms with van der Waals surface area (Å²) < 4.78 is 7.01. The average molecular weight is 542 g/mol. The van der Waals surface area contributed by atoms with E-state index in [0.29, 0.717) is 27.1 Å². The molecule has 2 amide bonds. The number of hydrogen-bond donors (Lipinski definition) is 2. The van der Waals surface area contributed by atoms with E-state index in [2.05, 4.69) is 20.8 Å². The molecule has 2 aromatic heterocycles. The van der Waals surface area contributed by atoms with Crippen molar-refractivity contribution in [2.45, 2.75) is 63.9 Å². The molecule has 1 aromatic carbocycles. The summed E-state index contributed by atoms with van der Waals surface area (Å²) in [6.07, 6.45) is 2.74. The number of ether oxygens (including phenoxy) is 1. The molecule has 1 atom stereocenters. The van der Waals surface area contributed by atoms with Crippen LogP contribution in [0, 0.1) is 13.8 Å². The van der Waals surface area contributed by atoms with Crippen LogP contribution in [0.5, 0.6) is 0 Å². The zero-order valence-electron chi connectivity index (χ0n) is 21.6. The van der Waals surface area contributed by atoms with Crippen molar-refractivity contribution >= 4 is 45.9 Å². The number of nitrogens with one attached hydrogen (secondary N) is 2. The van der Waals surface area contributed by atoms with Gasteiger partial charge < -0.3 is 19.9 Å². The molecule has 0 unspecified atom stereocenters. The van der Waals surface area contributed by atoms with E-state index in [1.807, 2.05) is 26.0 Å². The predicted octanol–water partition coefficient (Wildman–Crippen LogP) is 4.21. The second-order valence-electron chi connectivity index (χ2n) is 8.97. The molecule has 0 spiro atoms. The fourth-order valence-corrected chi connectivity index (χ4v) is 6.20. The van der Waals surface area contributed by atoms with E-state index in [9.17, 15) is 14.4 Å². The highest BCUT2D eigenvalue weighted by Crippen LogP contribution is 2.40. The number of nitrogens with zero attached hydrogens (tertiary/aromatic N) is 3. The maximum absolute atomic E-state index is 13.0. The summed E-state index contributed by atoms with van der Waals surface area (Å²) in [5, 5.41) is 14.8. The third kappa shape index (κ3) is 5.88. The van der Waals surface area contributed by atoms with E-state index < -0.39 is 11.2 Å². The molecule has 196 valence electrons.